The van der Waals surface area contributed by atoms with Crippen molar-refractivity contribution in [2.24, 2.45) is 0 Å². The zero-order valence-corrected chi connectivity index (χ0v) is 17.5. The molecule has 0 aromatic heterocycles. The molecule has 0 bridgehead atoms. The summed E-state index contributed by atoms with van der Waals surface area (Å²) in [6, 6.07) is 0. The topological polar surface area (TPSA) is 398 Å². The largest absolute Gasteiger partial charge is 0.527 e. The minimum Gasteiger partial charge on any atom is -0.394 e. The van der Waals surface area contributed by atoms with E-state index in [2.05, 4.69) is 4.52 Å². The Morgan fingerprint density at radius 1 is 0.667 bits per heavy atom. The molecule has 186 valence electrons. The monoisotopic (exact) mass is 540 g/mol. The van der Waals surface area contributed by atoms with E-state index in [4.69, 9.17) is 87.9 Å². The summed E-state index contributed by atoms with van der Waals surface area (Å²) in [5.41, 5.74) is 0. The number of aliphatic hydroxyl groups excluding tert-OH is 4. The van der Waals surface area contributed by atoms with Crippen LogP contribution in [0.15, 0.2) is 0 Å². The number of phosphoric ester groups is 1. The number of hydrogen-bond donors (Lipinski definition) is 15. The van der Waals surface area contributed by atoms with Crippen LogP contribution in [0.25, 0.3) is 0 Å². The Labute approximate surface area is 165 Å². The van der Waals surface area contributed by atoms with Crippen molar-refractivity contribution in [3.8, 4) is 0 Å². The molecule has 0 aliphatic carbocycles. The first-order valence-electron chi connectivity index (χ1n) is 5.98. The molecule has 0 fully saturated rings. The van der Waals surface area contributed by atoms with Crippen LogP contribution in [-0.4, -0.2) is 105 Å². The Morgan fingerprint density at radius 2 is 0.900 bits per heavy atom. The first-order chi connectivity index (χ1) is 12.7. The van der Waals surface area contributed by atoms with Gasteiger partial charge in [-0.25, -0.2) is 23.1 Å². The van der Waals surface area contributed by atoms with E-state index in [0.29, 0.717) is 0 Å². The fraction of sp³-hybridized carbons (Fsp3) is 0.800. The van der Waals surface area contributed by atoms with Crippen LogP contribution in [0, 0.1) is 0 Å². The summed E-state index contributed by atoms with van der Waals surface area (Å²) >= 11 is 0. The molecule has 3 atom stereocenters. The van der Waals surface area contributed by atoms with Gasteiger partial charge in [0.25, 0.3) is 0 Å². The van der Waals surface area contributed by atoms with Crippen LogP contribution in [-0.2, 0) is 27.6 Å². The second-order valence-corrected chi connectivity index (χ2v) is 8.37. The van der Waals surface area contributed by atoms with Crippen molar-refractivity contribution in [3.63, 3.8) is 0 Å². The SMILES string of the molecule is O=C(OP(=O)(O)O)[C@H](O)[C@H](O)[C@H](O)CO.O=P(O)(O)O.O=P(O)(O)O.O=P(O)(O)O. The van der Waals surface area contributed by atoms with Crippen molar-refractivity contribution >= 4 is 37.3 Å². The van der Waals surface area contributed by atoms with E-state index in [1.165, 1.54) is 0 Å². The molecular formula is C5H20O21P4. The van der Waals surface area contributed by atoms with Crippen LogP contribution in [0.3, 0.4) is 0 Å². The molecule has 0 heterocycles. The maximum Gasteiger partial charge on any atom is 0.527 e. The van der Waals surface area contributed by atoms with Crippen molar-refractivity contribution in [3.05, 3.63) is 0 Å². The smallest absolute Gasteiger partial charge is 0.394 e. The molecular weight excluding hydrogens is 520 g/mol. The maximum absolute atomic E-state index is 10.7. The summed E-state index contributed by atoms with van der Waals surface area (Å²) in [6.07, 6.45) is -6.29. The molecule has 0 radical (unpaired) electrons. The van der Waals surface area contributed by atoms with Crippen LogP contribution < -0.4 is 0 Å². The van der Waals surface area contributed by atoms with E-state index in [-0.39, 0.29) is 0 Å². The second kappa shape index (κ2) is 15.6. The molecule has 0 aromatic rings. The first-order valence-corrected chi connectivity index (χ1v) is 12.2. The van der Waals surface area contributed by atoms with Gasteiger partial charge in [-0.3, -0.25) is 9.79 Å². The van der Waals surface area contributed by atoms with Gasteiger partial charge in [-0.2, -0.15) is 0 Å². The van der Waals surface area contributed by atoms with Crippen molar-refractivity contribution in [2.45, 2.75) is 18.3 Å². The average molecular weight is 540 g/mol. The molecule has 0 aliphatic rings. The normalized spacial score (nSPS) is 14.9. The lowest BCUT2D eigenvalue weighted by atomic mass is 10.1. The third kappa shape index (κ3) is 56.5. The van der Waals surface area contributed by atoms with Gasteiger partial charge < -0.3 is 69.0 Å². The summed E-state index contributed by atoms with van der Waals surface area (Å²) in [7, 11) is -19.0. The van der Waals surface area contributed by atoms with E-state index < -0.39 is 62.2 Å². The highest BCUT2D eigenvalue weighted by atomic mass is 31.2. The highest BCUT2D eigenvalue weighted by molar-refractivity contribution is 7.47. The number of hydrogen-bond acceptors (Lipinski definition) is 10. The van der Waals surface area contributed by atoms with E-state index in [1.807, 2.05) is 0 Å². The average Bonchev–Trinajstić information content (AvgIpc) is 2.37. The quantitative estimate of drug-likeness (QED) is 0.144. The third-order valence-electron chi connectivity index (χ3n) is 1.36. The predicted octanol–water partition coefficient (Wildman–Crippen LogP) is -6.09. The third-order valence-corrected chi connectivity index (χ3v) is 1.77. The van der Waals surface area contributed by atoms with Crippen LogP contribution in [0.5, 0.6) is 0 Å². The van der Waals surface area contributed by atoms with Crippen LogP contribution in [0.2, 0.25) is 0 Å². The Morgan fingerprint density at radius 3 is 1.07 bits per heavy atom. The minimum atomic E-state index is -5.12. The van der Waals surface area contributed by atoms with Crippen molar-refractivity contribution < 1.29 is 102 Å². The fourth-order valence-corrected chi connectivity index (χ4v) is 0.971. The molecule has 0 saturated heterocycles. The van der Waals surface area contributed by atoms with Gasteiger partial charge >= 0.3 is 37.3 Å². The molecule has 0 aromatic carbocycles. The molecule has 0 saturated carbocycles. The Kier molecular flexibility index (Phi) is 19.3. The van der Waals surface area contributed by atoms with Gasteiger partial charge in [0.1, 0.15) is 12.2 Å². The molecule has 30 heavy (non-hydrogen) atoms. The van der Waals surface area contributed by atoms with Gasteiger partial charge in [-0.05, 0) is 0 Å². The Hall–Kier alpha value is -0.210. The van der Waals surface area contributed by atoms with Crippen molar-refractivity contribution in [1.82, 2.24) is 0 Å². The maximum atomic E-state index is 10.7. The number of carbonyl (C=O) groups excluding carboxylic acids is 1. The number of phosphoric acid groups is 4. The summed E-state index contributed by atoms with van der Waals surface area (Å²) in [5, 5.41) is 35.0. The molecule has 0 rings (SSSR count). The van der Waals surface area contributed by atoms with Gasteiger partial charge in [0.2, 0.25) is 0 Å². The highest BCUT2D eigenvalue weighted by Gasteiger charge is 2.34. The van der Waals surface area contributed by atoms with E-state index in [1.54, 1.807) is 0 Å². The second-order valence-electron chi connectivity index (χ2n) is 4.13. The summed E-state index contributed by atoms with van der Waals surface area (Å²) < 4.78 is 40.2. The van der Waals surface area contributed by atoms with Gasteiger partial charge in [-0.1, -0.05) is 0 Å². The van der Waals surface area contributed by atoms with Gasteiger partial charge in [0.15, 0.2) is 6.10 Å². The van der Waals surface area contributed by atoms with Gasteiger partial charge in [0.05, 0.1) is 6.61 Å². The summed E-state index contributed by atoms with van der Waals surface area (Å²) in [4.78, 5) is 91.7. The van der Waals surface area contributed by atoms with E-state index in [9.17, 15) is 9.36 Å². The molecule has 0 aliphatic heterocycles. The zero-order chi connectivity index (χ0) is 25.7. The van der Waals surface area contributed by atoms with Crippen molar-refractivity contribution in [2.75, 3.05) is 6.61 Å². The number of aliphatic hydroxyl groups is 4. The predicted molar refractivity (Wildman–Crippen MR) is 86.0 cm³/mol. The van der Waals surface area contributed by atoms with Crippen LogP contribution in [0.4, 0.5) is 0 Å². The fourth-order valence-electron chi connectivity index (χ4n) is 0.629. The van der Waals surface area contributed by atoms with Gasteiger partial charge in [-0.15, -0.1) is 0 Å². The summed E-state index contributed by atoms with van der Waals surface area (Å²) in [6.45, 7) is -0.943. The van der Waals surface area contributed by atoms with Crippen molar-refractivity contribution in [1.29, 1.82) is 0 Å². The van der Waals surface area contributed by atoms with Crippen LogP contribution in [0.1, 0.15) is 0 Å². The molecule has 25 heteroatoms. The summed E-state index contributed by atoms with van der Waals surface area (Å²) in [5.74, 6) is -1.80. The minimum absolute atomic E-state index is 0.943. The van der Waals surface area contributed by atoms with E-state index in [0.717, 1.165) is 0 Å². The van der Waals surface area contributed by atoms with Crippen LogP contribution >= 0.6 is 31.3 Å². The highest BCUT2D eigenvalue weighted by Crippen LogP contribution is 2.36. The van der Waals surface area contributed by atoms with E-state index >= 15 is 0 Å². The Bertz CT molecular complexity index is 576. The Balaban J connectivity index is -0.000000184. The first kappa shape index (κ1) is 37.1. The number of rotatable bonds is 5. The molecule has 15 N–H and O–H groups in total. The lowest BCUT2D eigenvalue weighted by Gasteiger charge is -2.19. The molecule has 0 amide bonds. The lowest BCUT2D eigenvalue weighted by Crippen LogP contribution is -2.44. The molecule has 0 unspecified atom stereocenters. The molecule has 0 spiro atoms. The standard InChI is InChI=1S/C5H11O9P.3H3O4P/c6-1-2(7)3(8)4(9)5(10)14-15(11,12)13;3*1-5(2,3)4/h2-4,6-9H,1H2,(H2,11,12,13);3*(H3,1,2,3,4)/t2-,3-,4-;;;/m1.../s1. The van der Waals surface area contributed by atoms with Gasteiger partial charge in [0, 0.05) is 0 Å². The molecule has 21 nitrogen and oxygen atoms in total. The number of carbonyl (C=O) groups is 1. The zero-order valence-electron chi connectivity index (χ0n) is 13.9. The lowest BCUT2D eigenvalue weighted by molar-refractivity contribution is -0.157.